The van der Waals surface area contributed by atoms with Crippen molar-refractivity contribution in [2.24, 2.45) is 0 Å². The second kappa shape index (κ2) is 8.31. The Morgan fingerprint density at radius 3 is 2.56 bits per heavy atom. The molecule has 0 radical (unpaired) electrons. The second-order valence-corrected chi connectivity index (χ2v) is 9.58. The zero-order chi connectivity index (χ0) is 22.4. The van der Waals surface area contributed by atoms with Crippen molar-refractivity contribution in [2.75, 3.05) is 20.2 Å². The van der Waals surface area contributed by atoms with Gasteiger partial charge in [-0.3, -0.25) is 9.47 Å². The summed E-state index contributed by atoms with van der Waals surface area (Å²) in [5.41, 5.74) is 2.64. The third kappa shape index (κ3) is 3.70. The molecular formula is C23H27N5O3S. The lowest BCUT2D eigenvalue weighted by Crippen LogP contribution is -2.44. The summed E-state index contributed by atoms with van der Waals surface area (Å²) in [5.74, 6) is 0.793. The Bertz CT molecular complexity index is 1310. The lowest BCUT2D eigenvalue weighted by atomic mass is 10.1. The molecule has 1 aliphatic heterocycles. The van der Waals surface area contributed by atoms with Crippen LogP contribution >= 0.6 is 11.3 Å². The molecule has 0 spiro atoms. The Morgan fingerprint density at radius 1 is 1.16 bits per heavy atom. The second-order valence-electron chi connectivity index (χ2n) is 8.49. The zero-order valence-corrected chi connectivity index (χ0v) is 19.6. The van der Waals surface area contributed by atoms with Gasteiger partial charge in [-0.2, -0.15) is 9.61 Å². The van der Waals surface area contributed by atoms with E-state index in [4.69, 9.17) is 9.47 Å². The topological polar surface area (TPSA) is 73.9 Å². The maximum absolute atomic E-state index is 13.3. The molecule has 4 heterocycles. The van der Waals surface area contributed by atoms with E-state index in [0.29, 0.717) is 12.2 Å². The number of fused-ring (bicyclic) bond motifs is 3. The molecule has 1 saturated heterocycles. The SMILES string of the molecule is COc1ccc(Cn2c(=O)n3ncnc3c3c(C)c(CN4C[C@@H](C)O[C@@H](C)C4)sc32)cc1. The fraction of sp³-hybridized carbons (Fsp3) is 0.435. The van der Waals surface area contributed by atoms with Crippen LogP contribution in [-0.2, 0) is 17.8 Å². The van der Waals surface area contributed by atoms with Crippen LogP contribution < -0.4 is 10.4 Å². The Kier molecular flexibility index (Phi) is 5.48. The van der Waals surface area contributed by atoms with E-state index in [1.165, 1.54) is 21.3 Å². The van der Waals surface area contributed by atoms with Gasteiger partial charge in [-0.05, 0) is 44.0 Å². The number of thiophene rings is 1. The number of rotatable bonds is 5. The summed E-state index contributed by atoms with van der Waals surface area (Å²) < 4.78 is 14.4. The van der Waals surface area contributed by atoms with Gasteiger partial charge in [0, 0.05) is 24.5 Å². The van der Waals surface area contributed by atoms with E-state index in [0.717, 1.165) is 41.2 Å². The number of hydrogen-bond acceptors (Lipinski definition) is 7. The molecule has 168 valence electrons. The van der Waals surface area contributed by atoms with Gasteiger partial charge in [-0.1, -0.05) is 12.1 Å². The van der Waals surface area contributed by atoms with E-state index in [-0.39, 0.29) is 17.9 Å². The Labute approximate surface area is 190 Å². The summed E-state index contributed by atoms with van der Waals surface area (Å²) in [6.07, 6.45) is 1.88. The van der Waals surface area contributed by atoms with Gasteiger partial charge in [0.2, 0.25) is 0 Å². The molecule has 4 aromatic rings. The van der Waals surface area contributed by atoms with Crippen LogP contribution in [0.15, 0.2) is 35.4 Å². The third-order valence-corrected chi connectivity index (χ3v) is 7.32. The van der Waals surface area contributed by atoms with Crippen LogP contribution in [0.5, 0.6) is 5.75 Å². The first-order valence-electron chi connectivity index (χ1n) is 10.8. The molecule has 32 heavy (non-hydrogen) atoms. The van der Waals surface area contributed by atoms with Gasteiger partial charge in [-0.15, -0.1) is 11.3 Å². The lowest BCUT2D eigenvalue weighted by molar-refractivity contribution is -0.0702. The summed E-state index contributed by atoms with van der Waals surface area (Å²) in [5, 5.41) is 5.22. The van der Waals surface area contributed by atoms with Gasteiger partial charge in [-0.25, -0.2) is 9.78 Å². The fourth-order valence-corrected chi connectivity index (χ4v) is 5.91. The highest BCUT2D eigenvalue weighted by molar-refractivity contribution is 7.19. The molecule has 9 heteroatoms. The number of nitrogens with zero attached hydrogens (tertiary/aromatic N) is 5. The smallest absolute Gasteiger partial charge is 0.352 e. The lowest BCUT2D eigenvalue weighted by Gasteiger charge is -2.35. The third-order valence-electron chi connectivity index (χ3n) is 6.02. The average molecular weight is 454 g/mol. The molecule has 0 amide bonds. The highest BCUT2D eigenvalue weighted by Gasteiger charge is 2.25. The number of aromatic nitrogens is 4. The van der Waals surface area contributed by atoms with Gasteiger partial charge in [0.05, 0.1) is 31.2 Å². The quantitative estimate of drug-likeness (QED) is 0.462. The predicted molar refractivity (Wildman–Crippen MR) is 125 cm³/mol. The van der Waals surface area contributed by atoms with Gasteiger partial charge >= 0.3 is 5.69 Å². The first kappa shape index (κ1) is 21.1. The van der Waals surface area contributed by atoms with Crippen LogP contribution in [0.3, 0.4) is 0 Å². The monoisotopic (exact) mass is 453 g/mol. The molecular weight excluding hydrogens is 426 g/mol. The van der Waals surface area contributed by atoms with Gasteiger partial charge in [0.15, 0.2) is 5.65 Å². The highest BCUT2D eigenvalue weighted by atomic mass is 32.1. The molecule has 0 unspecified atom stereocenters. The van der Waals surface area contributed by atoms with Crippen molar-refractivity contribution in [3.8, 4) is 5.75 Å². The Morgan fingerprint density at radius 2 is 1.88 bits per heavy atom. The first-order chi connectivity index (χ1) is 15.4. The number of hydrogen-bond donors (Lipinski definition) is 0. The number of morpholine rings is 1. The predicted octanol–water partition coefficient (Wildman–Crippen LogP) is 3.08. The molecule has 1 aliphatic rings. The molecule has 5 rings (SSSR count). The van der Waals surface area contributed by atoms with Gasteiger partial charge in [0.25, 0.3) is 0 Å². The summed E-state index contributed by atoms with van der Waals surface area (Å²) in [4.78, 5) is 22.3. The van der Waals surface area contributed by atoms with Crippen LogP contribution in [0.1, 0.15) is 29.9 Å². The highest BCUT2D eigenvalue weighted by Crippen LogP contribution is 2.34. The van der Waals surface area contributed by atoms with Crippen molar-refractivity contribution in [2.45, 2.75) is 46.1 Å². The molecule has 1 fully saturated rings. The Balaban J connectivity index is 1.60. The summed E-state index contributed by atoms with van der Waals surface area (Å²) in [6.45, 7) is 9.45. The van der Waals surface area contributed by atoms with Crippen molar-refractivity contribution in [3.63, 3.8) is 0 Å². The largest absolute Gasteiger partial charge is 0.497 e. The van der Waals surface area contributed by atoms with E-state index in [1.807, 2.05) is 28.8 Å². The van der Waals surface area contributed by atoms with Crippen LogP contribution in [-0.4, -0.2) is 56.5 Å². The van der Waals surface area contributed by atoms with E-state index in [9.17, 15) is 4.79 Å². The maximum atomic E-state index is 13.3. The van der Waals surface area contributed by atoms with Gasteiger partial charge < -0.3 is 9.47 Å². The molecule has 0 bridgehead atoms. The maximum Gasteiger partial charge on any atom is 0.352 e. The summed E-state index contributed by atoms with van der Waals surface area (Å²) in [6, 6.07) is 7.80. The van der Waals surface area contributed by atoms with Crippen LogP contribution in [0.2, 0.25) is 0 Å². The van der Waals surface area contributed by atoms with E-state index < -0.39 is 0 Å². The molecule has 8 nitrogen and oxygen atoms in total. The van der Waals surface area contributed by atoms with Gasteiger partial charge in [0.1, 0.15) is 16.9 Å². The summed E-state index contributed by atoms with van der Waals surface area (Å²) in [7, 11) is 1.65. The fourth-order valence-electron chi connectivity index (χ4n) is 4.57. The normalized spacial score (nSPS) is 19.8. The molecule has 0 saturated carbocycles. The minimum Gasteiger partial charge on any atom is -0.497 e. The van der Waals surface area contributed by atoms with Crippen molar-refractivity contribution in [1.29, 1.82) is 0 Å². The van der Waals surface area contributed by atoms with Crippen molar-refractivity contribution in [1.82, 2.24) is 24.1 Å². The summed E-state index contributed by atoms with van der Waals surface area (Å²) >= 11 is 1.68. The van der Waals surface area contributed by atoms with Crippen molar-refractivity contribution in [3.05, 3.63) is 57.1 Å². The van der Waals surface area contributed by atoms with E-state index in [2.05, 4.69) is 35.8 Å². The zero-order valence-electron chi connectivity index (χ0n) is 18.7. The van der Waals surface area contributed by atoms with E-state index >= 15 is 0 Å². The molecule has 3 aromatic heterocycles. The van der Waals surface area contributed by atoms with Crippen LogP contribution in [0.4, 0.5) is 0 Å². The van der Waals surface area contributed by atoms with Crippen LogP contribution in [0.25, 0.3) is 15.9 Å². The minimum absolute atomic E-state index is 0.178. The molecule has 2 atom stereocenters. The average Bonchev–Trinajstić information content (AvgIpc) is 3.36. The van der Waals surface area contributed by atoms with E-state index in [1.54, 1.807) is 18.4 Å². The van der Waals surface area contributed by atoms with Crippen molar-refractivity contribution >= 4 is 27.2 Å². The number of ether oxygens (including phenoxy) is 2. The molecule has 0 aliphatic carbocycles. The number of methoxy groups -OCH3 is 1. The molecule has 1 aromatic carbocycles. The Hall–Kier alpha value is -2.75. The number of benzene rings is 1. The first-order valence-corrected chi connectivity index (χ1v) is 11.6. The standard InChI is InChI=1S/C23H27N5O3S/c1-14-9-26(10-15(2)31-14)12-19-16(3)20-21-24-13-25-28(21)23(29)27(22(20)32-19)11-17-5-7-18(30-4)8-6-17/h5-8,13-15H,9-12H2,1-4H3/t14-,15+. The van der Waals surface area contributed by atoms with Crippen LogP contribution in [0, 0.1) is 6.92 Å². The van der Waals surface area contributed by atoms with Crippen molar-refractivity contribution < 1.29 is 9.47 Å². The minimum atomic E-state index is -0.178. The number of aryl methyl sites for hydroxylation is 1. The molecule has 0 N–H and O–H groups in total.